The maximum Gasteiger partial charge on any atom is 0.133 e. The summed E-state index contributed by atoms with van der Waals surface area (Å²) in [6.07, 6.45) is 0. The lowest BCUT2D eigenvalue weighted by atomic mass is 9.81. The third-order valence-electron chi connectivity index (χ3n) is 3.64. The average molecular weight is 348 g/mol. The molecule has 0 radical (unpaired) electrons. The van der Waals surface area contributed by atoms with Crippen LogP contribution < -0.4 is 10.5 Å². The van der Waals surface area contributed by atoms with E-state index >= 15 is 0 Å². The second kappa shape index (κ2) is 6.20. The number of rotatable bonds is 3. The Morgan fingerprint density at radius 2 is 1.76 bits per heavy atom. The van der Waals surface area contributed by atoms with E-state index in [0.29, 0.717) is 0 Å². The van der Waals surface area contributed by atoms with Gasteiger partial charge in [0.2, 0.25) is 0 Å². The van der Waals surface area contributed by atoms with Crippen LogP contribution in [0.5, 0.6) is 5.75 Å². The van der Waals surface area contributed by atoms with E-state index in [1.54, 1.807) is 7.11 Å². The van der Waals surface area contributed by atoms with E-state index in [9.17, 15) is 0 Å². The number of hydrogen-bond acceptors (Lipinski definition) is 2. The molecule has 0 aliphatic heterocycles. The first-order valence-electron chi connectivity index (χ1n) is 7.03. The molecule has 2 nitrogen and oxygen atoms in total. The van der Waals surface area contributed by atoms with Crippen molar-refractivity contribution in [2.24, 2.45) is 5.73 Å². The number of methoxy groups -OCH3 is 1. The summed E-state index contributed by atoms with van der Waals surface area (Å²) in [6, 6.07) is 14.2. The molecule has 112 valence electrons. The Labute approximate surface area is 135 Å². The summed E-state index contributed by atoms with van der Waals surface area (Å²) in [5.74, 6) is 0.815. The van der Waals surface area contributed by atoms with Gasteiger partial charge in [-0.1, -0.05) is 51.1 Å². The zero-order chi connectivity index (χ0) is 15.6. The molecule has 1 atom stereocenters. The Morgan fingerprint density at radius 3 is 2.33 bits per heavy atom. The highest BCUT2D eigenvalue weighted by atomic mass is 79.9. The van der Waals surface area contributed by atoms with Gasteiger partial charge in [0.05, 0.1) is 17.6 Å². The average Bonchev–Trinajstić information content (AvgIpc) is 2.45. The SMILES string of the molecule is COc1ccc(C(N)c2ccccc2C(C)(C)C)cc1Br. The second-order valence-electron chi connectivity index (χ2n) is 6.21. The Kier molecular flexibility index (Phi) is 4.74. The van der Waals surface area contributed by atoms with Gasteiger partial charge in [0.25, 0.3) is 0 Å². The van der Waals surface area contributed by atoms with E-state index in [-0.39, 0.29) is 11.5 Å². The van der Waals surface area contributed by atoms with Crippen molar-refractivity contribution in [1.29, 1.82) is 0 Å². The van der Waals surface area contributed by atoms with E-state index in [1.165, 1.54) is 11.1 Å². The summed E-state index contributed by atoms with van der Waals surface area (Å²) in [4.78, 5) is 0. The lowest BCUT2D eigenvalue weighted by Gasteiger charge is -2.26. The summed E-state index contributed by atoms with van der Waals surface area (Å²) in [7, 11) is 1.66. The van der Waals surface area contributed by atoms with Crippen LogP contribution in [0, 0.1) is 0 Å². The van der Waals surface area contributed by atoms with Crippen molar-refractivity contribution >= 4 is 15.9 Å². The van der Waals surface area contributed by atoms with Crippen LogP contribution in [0.1, 0.15) is 43.5 Å². The number of halogens is 1. The largest absolute Gasteiger partial charge is 0.496 e. The highest BCUT2D eigenvalue weighted by Gasteiger charge is 2.21. The summed E-state index contributed by atoms with van der Waals surface area (Å²) >= 11 is 3.53. The molecule has 0 aliphatic rings. The smallest absolute Gasteiger partial charge is 0.133 e. The van der Waals surface area contributed by atoms with Crippen molar-refractivity contribution in [3.05, 3.63) is 63.6 Å². The summed E-state index contributed by atoms with van der Waals surface area (Å²) in [6.45, 7) is 6.63. The van der Waals surface area contributed by atoms with Crippen LogP contribution in [-0.2, 0) is 5.41 Å². The molecule has 0 saturated heterocycles. The van der Waals surface area contributed by atoms with Crippen LogP contribution in [0.2, 0.25) is 0 Å². The molecule has 0 amide bonds. The van der Waals surface area contributed by atoms with Crippen LogP contribution in [0.25, 0.3) is 0 Å². The summed E-state index contributed by atoms with van der Waals surface area (Å²) in [5, 5.41) is 0. The molecule has 2 aromatic carbocycles. The van der Waals surface area contributed by atoms with Crippen molar-refractivity contribution in [2.45, 2.75) is 32.2 Å². The van der Waals surface area contributed by atoms with Crippen molar-refractivity contribution in [1.82, 2.24) is 0 Å². The van der Waals surface area contributed by atoms with Gasteiger partial charge in [-0.25, -0.2) is 0 Å². The van der Waals surface area contributed by atoms with Crippen molar-refractivity contribution in [3.8, 4) is 5.75 Å². The number of benzene rings is 2. The number of hydrogen-bond donors (Lipinski definition) is 1. The molecule has 0 bridgehead atoms. The molecule has 0 spiro atoms. The quantitative estimate of drug-likeness (QED) is 0.864. The van der Waals surface area contributed by atoms with Gasteiger partial charge in [-0.15, -0.1) is 0 Å². The minimum atomic E-state index is -0.150. The first kappa shape index (κ1) is 16.1. The minimum Gasteiger partial charge on any atom is -0.496 e. The third-order valence-corrected chi connectivity index (χ3v) is 4.26. The Bertz CT molecular complexity index is 631. The molecule has 0 aliphatic carbocycles. The van der Waals surface area contributed by atoms with Gasteiger partial charge in [-0.05, 0) is 50.2 Å². The second-order valence-corrected chi connectivity index (χ2v) is 7.06. The van der Waals surface area contributed by atoms with E-state index in [1.807, 2.05) is 24.3 Å². The Balaban J connectivity index is 2.45. The molecule has 2 aromatic rings. The van der Waals surface area contributed by atoms with Crippen LogP contribution in [0.15, 0.2) is 46.9 Å². The van der Waals surface area contributed by atoms with E-state index in [4.69, 9.17) is 10.5 Å². The molecule has 21 heavy (non-hydrogen) atoms. The summed E-state index contributed by atoms with van der Waals surface area (Å²) in [5.41, 5.74) is 10.1. The van der Waals surface area contributed by atoms with Gasteiger partial charge in [0, 0.05) is 0 Å². The molecule has 0 fully saturated rings. The molecule has 0 saturated carbocycles. The molecule has 2 rings (SSSR count). The zero-order valence-electron chi connectivity index (χ0n) is 13.0. The lowest BCUT2D eigenvalue weighted by Crippen LogP contribution is -2.20. The molecule has 0 aromatic heterocycles. The molecule has 0 heterocycles. The number of ether oxygens (including phenoxy) is 1. The van der Waals surface area contributed by atoms with Gasteiger partial charge < -0.3 is 10.5 Å². The van der Waals surface area contributed by atoms with Crippen LogP contribution in [0.3, 0.4) is 0 Å². The van der Waals surface area contributed by atoms with Crippen molar-refractivity contribution in [3.63, 3.8) is 0 Å². The molecular weight excluding hydrogens is 326 g/mol. The fourth-order valence-electron chi connectivity index (χ4n) is 2.51. The maximum absolute atomic E-state index is 6.51. The van der Waals surface area contributed by atoms with Crippen molar-refractivity contribution in [2.75, 3.05) is 7.11 Å². The Hall–Kier alpha value is -1.32. The first-order valence-corrected chi connectivity index (χ1v) is 7.82. The highest BCUT2D eigenvalue weighted by Crippen LogP contribution is 2.34. The zero-order valence-corrected chi connectivity index (χ0v) is 14.6. The molecule has 3 heteroatoms. The monoisotopic (exact) mass is 347 g/mol. The van der Waals surface area contributed by atoms with E-state index < -0.39 is 0 Å². The molecular formula is C18H22BrNO. The third kappa shape index (κ3) is 3.47. The van der Waals surface area contributed by atoms with E-state index in [0.717, 1.165) is 15.8 Å². The normalized spacial score (nSPS) is 13.0. The van der Waals surface area contributed by atoms with E-state index in [2.05, 4.69) is 54.9 Å². The molecule has 1 unspecified atom stereocenters. The standard InChI is InChI=1S/C18H22BrNO/c1-18(2,3)14-8-6-5-7-13(14)17(20)12-9-10-16(21-4)15(19)11-12/h5-11,17H,20H2,1-4H3. The van der Waals surface area contributed by atoms with Crippen LogP contribution in [-0.4, -0.2) is 7.11 Å². The van der Waals surface area contributed by atoms with Crippen molar-refractivity contribution < 1.29 is 4.74 Å². The molecule has 2 N–H and O–H groups in total. The predicted octanol–water partition coefficient (Wildman–Crippen LogP) is 4.80. The van der Waals surface area contributed by atoms with Crippen LogP contribution >= 0.6 is 15.9 Å². The van der Waals surface area contributed by atoms with Gasteiger partial charge >= 0.3 is 0 Å². The first-order chi connectivity index (χ1) is 9.84. The van der Waals surface area contributed by atoms with Gasteiger partial charge in [-0.3, -0.25) is 0 Å². The van der Waals surface area contributed by atoms with Gasteiger partial charge in [-0.2, -0.15) is 0 Å². The topological polar surface area (TPSA) is 35.2 Å². The van der Waals surface area contributed by atoms with Gasteiger partial charge in [0.1, 0.15) is 5.75 Å². The van der Waals surface area contributed by atoms with Gasteiger partial charge in [0.15, 0.2) is 0 Å². The lowest BCUT2D eigenvalue weighted by molar-refractivity contribution is 0.412. The maximum atomic E-state index is 6.51. The number of nitrogens with two attached hydrogens (primary N) is 1. The predicted molar refractivity (Wildman–Crippen MR) is 91.9 cm³/mol. The highest BCUT2D eigenvalue weighted by molar-refractivity contribution is 9.10. The Morgan fingerprint density at radius 1 is 1.10 bits per heavy atom. The minimum absolute atomic E-state index is 0.0674. The fourth-order valence-corrected chi connectivity index (χ4v) is 3.07. The summed E-state index contributed by atoms with van der Waals surface area (Å²) < 4.78 is 6.20. The fraction of sp³-hybridized carbons (Fsp3) is 0.333. The van der Waals surface area contributed by atoms with Crippen LogP contribution in [0.4, 0.5) is 0 Å².